The second-order valence-electron chi connectivity index (χ2n) is 5.36. The van der Waals surface area contributed by atoms with Crippen LogP contribution in [0.5, 0.6) is 5.75 Å². The predicted octanol–water partition coefficient (Wildman–Crippen LogP) is 4.23. The second kappa shape index (κ2) is 7.65. The highest BCUT2D eigenvalue weighted by molar-refractivity contribution is 7.99. The Morgan fingerprint density at radius 2 is 1.88 bits per heavy atom. The van der Waals surface area contributed by atoms with Crippen molar-refractivity contribution in [1.82, 2.24) is 9.78 Å². The van der Waals surface area contributed by atoms with E-state index in [2.05, 4.69) is 5.10 Å². The topological polar surface area (TPSA) is 67.9 Å². The van der Waals surface area contributed by atoms with E-state index in [1.165, 1.54) is 23.6 Å². The van der Waals surface area contributed by atoms with Crippen LogP contribution in [0.4, 0.5) is 0 Å². The number of hydrogen-bond donors (Lipinski definition) is 0. The van der Waals surface area contributed by atoms with Gasteiger partial charge >= 0.3 is 0 Å². The molecule has 1 aromatic heterocycles. The van der Waals surface area contributed by atoms with Crippen molar-refractivity contribution in [1.29, 1.82) is 5.26 Å². The Labute approximate surface area is 159 Å². The second-order valence-corrected chi connectivity index (χ2v) is 6.86. The number of rotatable bonds is 4. The number of halogens is 1. The molecule has 5 nitrogen and oxygen atoms in total. The number of nitrogens with zero attached hydrogens (tertiary/aromatic N) is 3. The Morgan fingerprint density at radius 1 is 1.19 bits per heavy atom. The molecule has 0 saturated carbocycles. The third-order valence-corrected chi connectivity index (χ3v) is 5.09. The number of methoxy groups -OCH3 is 1. The molecule has 0 saturated heterocycles. The van der Waals surface area contributed by atoms with E-state index >= 15 is 0 Å². The summed E-state index contributed by atoms with van der Waals surface area (Å²) in [5.74, 6) is 0.497. The Bertz CT molecular complexity index is 1060. The van der Waals surface area contributed by atoms with Crippen molar-refractivity contribution in [3.8, 4) is 17.5 Å². The van der Waals surface area contributed by atoms with Gasteiger partial charge in [-0.15, -0.1) is 0 Å². The molecule has 0 N–H and O–H groups in total. The molecular weight excluding hydrogens is 370 g/mol. The molecule has 0 aliphatic rings. The molecule has 2 aromatic carbocycles. The average molecular weight is 384 g/mol. The smallest absolute Gasteiger partial charge is 0.289 e. The third-order valence-electron chi connectivity index (χ3n) is 3.75. The van der Waals surface area contributed by atoms with E-state index in [-0.39, 0.29) is 5.56 Å². The van der Waals surface area contributed by atoms with Crippen molar-refractivity contribution >= 4 is 23.4 Å². The van der Waals surface area contributed by atoms with E-state index in [1.807, 2.05) is 18.2 Å². The van der Waals surface area contributed by atoms with Crippen molar-refractivity contribution in [3.63, 3.8) is 0 Å². The summed E-state index contributed by atoms with van der Waals surface area (Å²) in [5.41, 5.74) is 0.607. The normalized spacial score (nSPS) is 10.4. The molecule has 7 heteroatoms. The van der Waals surface area contributed by atoms with Crippen LogP contribution < -0.4 is 10.3 Å². The number of aromatic nitrogens is 2. The summed E-state index contributed by atoms with van der Waals surface area (Å²) in [5, 5.41) is 15.2. The fourth-order valence-corrected chi connectivity index (χ4v) is 3.39. The molecule has 0 atom stereocenters. The first-order valence-electron chi connectivity index (χ1n) is 7.66. The molecule has 1 heterocycles. The summed E-state index contributed by atoms with van der Waals surface area (Å²) < 4.78 is 6.54. The van der Waals surface area contributed by atoms with Gasteiger partial charge in [0.1, 0.15) is 28.1 Å². The SMILES string of the molecule is COc1ccccc1-n1nc(Sc2ccc(Cl)cc2)c(C)c(C#N)c1=O. The van der Waals surface area contributed by atoms with Crippen LogP contribution >= 0.6 is 23.4 Å². The summed E-state index contributed by atoms with van der Waals surface area (Å²) >= 11 is 7.29. The van der Waals surface area contributed by atoms with Gasteiger partial charge in [-0.25, -0.2) is 0 Å². The third kappa shape index (κ3) is 3.45. The number of para-hydroxylation sites is 2. The van der Waals surface area contributed by atoms with E-state index in [0.29, 0.717) is 27.0 Å². The van der Waals surface area contributed by atoms with Crippen molar-refractivity contribution < 1.29 is 4.74 Å². The van der Waals surface area contributed by atoms with Crippen LogP contribution in [0.25, 0.3) is 5.69 Å². The summed E-state index contributed by atoms with van der Waals surface area (Å²) in [6.07, 6.45) is 0. The van der Waals surface area contributed by atoms with Gasteiger partial charge in [0.05, 0.1) is 7.11 Å². The number of benzene rings is 2. The molecular formula is C19H14ClN3O2S. The minimum absolute atomic E-state index is 0.0577. The zero-order chi connectivity index (χ0) is 18.7. The fourth-order valence-electron chi connectivity index (χ4n) is 2.40. The quantitative estimate of drug-likeness (QED) is 0.674. The highest BCUT2D eigenvalue weighted by Crippen LogP contribution is 2.30. The van der Waals surface area contributed by atoms with E-state index in [4.69, 9.17) is 16.3 Å². The van der Waals surface area contributed by atoms with Crippen LogP contribution in [-0.2, 0) is 0 Å². The van der Waals surface area contributed by atoms with Crippen molar-refractivity contribution in [2.24, 2.45) is 0 Å². The summed E-state index contributed by atoms with van der Waals surface area (Å²) in [6, 6.07) is 16.3. The number of hydrogen-bond acceptors (Lipinski definition) is 5. The highest BCUT2D eigenvalue weighted by Gasteiger charge is 2.18. The van der Waals surface area contributed by atoms with Gasteiger partial charge in [0.15, 0.2) is 0 Å². The van der Waals surface area contributed by atoms with Crippen LogP contribution in [0.2, 0.25) is 5.02 Å². The maximum Gasteiger partial charge on any atom is 0.289 e. The van der Waals surface area contributed by atoms with Gasteiger partial charge in [0, 0.05) is 15.5 Å². The predicted molar refractivity (Wildman–Crippen MR) is 101 cm³/mol. The molecule has 0 unspecified atom stereocenters. The molecule has 0 spiro atoms. The largest absolute Gasteiger partial charge is 0.494 e. The lowest BCUT2D eigenvalue weighted by Crippen LogP contribution is -2.26. The number of ether oxygens (including phenoxy) is 1. The summed E-state index contributed by atoms with van der Waals surface area (Å²) in [4.78, 5) is 13.6. The first kappa shape index (κ1) is 18.1. The average Bonchev–Trinajstić information content (AvgIpc) is 2.66. The zero-order valence-electron chi connectivity index (χ0n) is 14.1. The van der Waals surface area contributed by atoms with Gasteiger partial charge in [0.2, 0.25) is 0 Å². The number of nitriles is 1. The molecule has 0 amide bonds. The molecule has 3 aromatic rings. The molecule has 3 rings (SSSR count). The van der Waals surface area contributed by atoms with Crippen LogP contribution in [0, 0.1) is 18.3 Å². The van der Waals surface area contributed by atoms with Crippen molar-refractivity contribution in [3.05, 3.63) is 75.0 Å². The molecule has 0 fully saturated rings. The maximum atomic E-state index is 12.7. The van der Waals surface area contributed by atoms with Gasteiger partial charge in [-0.1, -0.05) is 35.5 Å². The van der Waals surface area contributed by atoms with Crippen LogP contribution in [0.15, 0.2) is 63.2 Å². The lowest BCUT2D eigenvalue weighted by atomic mass is 10.2. The highest BCUT2D eigenvalue weighted by atomic mass is 35.5. The maximum absolute atomic E-state index is 12.7. The van der Waals surface area contributed by atoms with Gasteiger partial charge in [0.25, 0.3) is 5.56 Å². The molecule has 26 heavy (non-hydrogen) atoms. The summed E-state index contributed by atoms with van der Waals surface area (Å²) in [7, 11) is 1.52. The van der Waals surface area contributed by atoms with Gasteiger partial charge in [-0.3, -0.25) is 4.79 Å². The zero-order valence-corrected chi connectivity index (χ0v) is 15.6. The van der Waals surface area contributed by atoms with E-state index < -0.39 is 5.56 Å². The molecule has 0 bridgehead atoms. The Kier molecular flexibility index (Phi) is 5.31. The first-order chi connectivity index (χ1) is 12.5. The van der Waals surface area contributed by atoms with Crippen LogP contribution in [-0.4, -0.2) is 16.9 Å². The lowest BCUT2D eigenvalue weighted by molar-refractivity contribution is 0.410. The molecule has 0 radical (unpaired) electrons. The first-order valence-corrected chi connectivity index (χ1v) is 8.85. The van der Waals surface area contributed by atoms with Gasteiger partial charge in [-0.2, -0.15) is 15.0 Å². The van der Waals surface area contributed by atoms with E-state index in [9.17, 15) is 10.1 Å². The lowest BCUT2D eigenvalue weighted by Gasteiger charge is -2.13. The fraction of sp³-hybridized carbons (Fsp3) is 0.105. The van der Waals surface area contributed by atoms with E-state index in [1.54, 1.807) is 43.3 Å². The Balaban J connectivity index is 2.19. The molecule has 0 aliphatic heterocycles. The monoisotopic (exact) mass is 383 g/mol. The van der Waals surface area contributed by atoms with Crippen molar-refractivity contribution in [2.45, 2.75) is 16.8 Å². The van der Waals surface area contributed by atoms with Crippen LogP contribution in [0.3, 0.4) is 0 Å². The van der Waals surface area contributed by atoms with Gasteiger partial charge in [-0.05, 0) is 43.3 Å². The minimum atomic E-state index is -0.477. The van der Waals surface area contributed by atoms with Crippen molar-refractivity contribution in [2.75, 3.05) is 7.11 Å². The molecule has 0 aliphatic carbocycles. The van der Waals surface area contributed by atoms with E-state index in [0.717, 1.165) is 4.90 Å². The Hall–Kier alpha value is -2.75. The minimum Gasteiger partial charge on any atom is -0.494 e. The summed E-state index contributed by atoms with van der Waals surface area (Å²) in [6.45, 7) is 1.72. The Morgan fingerprint density at radius 3 is 2.54 bits per heavy atom. The van der Waals surface area contributed by atoms with Gasteiger partial charge < -0.3 is 4.74 Å². The standard InChI is InChI=1S/C19H14ClN3O2S/c1-12-15(11-21)19(24)23(16-5-3-4-6-17(16)25-2)22-18(12)26-14-9-7-13(20)8-10-14/h3-10H,1-2H3. The molecule has 130 valence electrons. The van der Waals surface area contributed by atoms with Crippen LogP contribution in [0.1, 0.15) is 11.1 Å².